The van der Waals surface area contributed by atoms with E-state index in [4.69, 9.17) is 0 Å². The third-order valence-corrected chi connectivity index (χ3v) is 0.707. The zero-order valence-electron chi connectivity index (χ0n) is 3.74. The molecule has 0 spiro atoms. The second kappa shape index (κ2) is 3.40. The van der Waals surface area contributed by atoms with Gasteiger partial charge in [0.25, 0.3) is 0 Å². The number of halogens is 1. The zero-order chi connectivity index (χ0) is 4.99. The molecule has 0 saturated heterocycles. The maximum absolute atomic E-state index is 3.65. The van der Waals surface area contributed by atoms with E-state index >= 15 is 0 Å². The second-order valence-electron chi connectivity index (χ2n) is 1.14. The Morgan fingerprint density at radius 2 is 2.33 bits per heavy atom. The number of hydrogen-bond donors (Lipinski definition) is 0. The summed E-state index contributed by atoms with van der Waals surface area (Å²) in [6, 6.07) is 0. The van der Waals surface area contributed by atoms with Crippen LogP contribution in [0.5, 0.6) is 0 Å². The third-order valence-electron chi connectivity index (χ3n) is 0.348. The van der Waals surface area contributed by atoms with Crippen molar-refractivity contribution in [1.29, 1.82) is 0 Å². The molecule has 0 amide bonds. The molecule has 0 aliphatic heterocycles. The van der Waals surface area contributed by atoms with E-state index in [0.717, 1.165) is 5.57 Å². The van der Waals surface area contributed by atoms with Gasteiger partial charge in [-0.3, -0.25) is 0 Å². The van der Waals surface area contributed by atoms with Crippen molar-refractivity contribution in [3.8, 4) is 0 Å². The lowest BCUT2D eigenvalue weighted by molar-refractivity contribution is 1.58. The fraction of sp³-hybridized carbons (Fsp3) is 0.200. The van der Waals surface area contributed by atoms with Crippen LogP contribution in [0.2, 0.25) is 0 Å². The highest BCUT2D eigenvalue weighted by atomic mass is 127. The smallest absolute Gasteiger partial charge is 0.0231 e. The second-order valence-corrected chi connectivity index (χ2v) is 1.86. The summed E-state index contributed by atoms with van der Waals surface area (Å²) in [4.78, 5) is 0. The first-order valence-corrected chi connectivity index (χ1v) is 2.94. The van der Waals surface area contributed by atoms with Crippen LogP contribution >= 0.6 is 22.6 Å². The Morgan fingerprint density at radius 1 is 1.83 bits per heavy atom. The summed E-state index contributed by atoms with van der Waals surface area (Å²) >= 11 is 2.16. The summed E-state index contributed by atoms with van der Waals surface area (Å²) in [5, 5.41) is 0. The van der Waals surface area contributed by atoms with Crippen LogP contribution in [0, 0.1) is 0 Å². The lowest BCUT2D eigenvalue weighted by Crippen LogP contribution is -1.52. The molecule has 0 radical (unpaired) electrons. The molecule has 0 aliphatic rings. The van der Waals surface area contributed by atoms with Crippen molar-refractivity contribution in [1.82, 2.24) is 0 Å². The van der Waals surface area contributed by atoms with E-state index in [9.17, 15) is 0 Å². The first kappa shape index (κ1) is 6.21. The third kappa shape index (κ3) is 4.21. The normalized spacial score (nSPS) is 9.67. The maximum atomic E-state index is 3.65. The van der Waals surface area contributed by atoms with Crippen LogP contribution in [0.1, 0.15) is 6.92 Å². The molecule has 0 heterocycles. The van der Waals surface area contributed by atoms with Gasteiger partial charge in [0.1, 0.15) is 0 Å². The van der Waals surface area contributed by atoms with Crippen LogP contribution in [-0.4, -0.2) is 0 Å². The van der Waals surface area contributed by atoms with E-state index in [2.05, 4.69) is 29.2 Å². The molecule has 34 valence electrons. The summed E-state index contributed by atoms with van der Waals surface area (Å²) < 4.78 is 1.94. The van der Waals surface area contributed by atoms with E-state index in [1.54, 1.807) is 0 Å². The van der Waals surface area contributed by atoms with Gasteiger partial charge in [-0.15, -0.1) is 0 Å². The Kier molecular flexibility index (Phi) is 3.52. The molecule has 0 saturated carbocycles. The quantitative estimate of drug-likeness (QED) is 0.444. The SMILES string of the molecule is C=C(C)/C=C/I. The average molecular weight is 194 g/mol. The Morgan fingerprint density at radius 3 is 2.33 bits per heavy atom. The molecular formula is C5H7I. The predicted molar refractivity (Wildman–Crippen MR) is 38.0 cm³/mol. The van der Waals surface area contributed by atoms with Crippen molar-refractivity contribution < 1.29 is 0 Å². The Hall–Kier alpha value is 0.210. The average Bonchev–Trinajstić information content (AvgIpc) is 1.35. The summed E-state index contributed by atoms with van der Waals surface area (Å²) in [6.07, 6.45) is 1.96. The van der Waals surface area contributed by atoms with Gasteiger partial charge in [-0.1, -0.05) is 40.8 Å². The van der Waals surface area contributed by atoms with Crippen molar-refractivity contribution in [2.75, 3.05) is 0 Å². The van der Waals surface area contributed by atoms with Gasteiger partial charge in [0.15, 0.2) is 0 Å². The van der Waals surface area contributed by atoms with Gasteiger partial charge >= 0.3 is 0 Å². The lowest BCUT2D eigenvalue weighted by Gasteiger charge is -1.75. The molecule has 0 unspecified atom stereocenters. The molecule has 0 rings (SSSR count). The molecule has 0 bridgehead atoms. The summed E-state index contributed by atoms with van der Waals surface area (Å²) in [7, 11) is 0. The van der Waals surface area contributed by atoms with Crippen LogP contribution in [0.25, 0.3) is 0 Å². The van der Waals surface area contributed by atoms with Crippen molar-refractivity contribution in [3.05, 3.63) is 22.3 Å². The largest absolute Gasteiger partial charge is 0.0961 e. The van der Waals surface area contributed by atoms with Crippen LogP contribution in [0.4, 0.5) is 0 Å². The van der Waals surface area contributed by atoms with Crippen molar-refractivity contribution in [2.24, 2.45) is 0 Å². The molecule has 0 nitrogen and oxygen atoms in total. The first-order valence-electron chi connectivity index (χ1n) is 1.69. The number of allylic oxidation sites excluding steroid dienone is 2. The molecule has 0 aromatic rings. The van der Waals surface area contributed by atoms with E-state index in [1.807, 2.05) is 17.1 Å². The fourth-order valence-electron chi connectivity index (χ4n) is 0.108. The van der Waals surface area contributed by atoms with Crippen LogP contribution in [-0.2, 0) is 0 Å². The zero-order valence-corrected chi connectivity index (χ0v) is 5.90. The van der Waals surface area contributed by atoms with Crippen molar-refractivity contribution in [3.63, 3.8) is 0 Å². The summed E-state index contributed by atoms with van der Waals surface area (Å²) in [5.41, 5.74) is 1.10. The molecule has 6 heavy (non-hydrogen) atoms. The topological polar surface area (TPSA) is 0 Å². The van der Waals surface area contributed by atoms with Crippen LogP contribution < -0.4 is 0 Å². The first-order chi connectivity index (χ1) is 2.77. The van der Waals surface area contributed by atoms with Gasteiger partial charge in [0, 0.05) is 0 Å². The lowest BCUT2D eigenvalue weighted by atomic mass is 10.4. The van der Waals surface area contributed by atoms with E-state index in [-0.39, 0.29) is 0 Å². The van der Waals surface area contributed by atoms with Gasteiger partial charge in [-0.2, -0.15) is 0 Å². The maximum Gasteiger partial charge on any atom is -0.0231 e. The van der Waals surface area contributed by atoms with E-state index in [1.165, 1.54) is 0 Å². The molecule has 0 aromatic carbocycles. The van der Waals surface area contributed by atoms with Gasteiger partial charge < -0.3 is 0 Å². The van der Waals surface area contributed by atoms with Gasteiger partial charge in [-0.25, -0.2) is 0 Å². The molecule has 0 N–H and O–H groups in total. The standard InChI is InChI=1S/C5H7I/c1-5(2)3-4-6/h3-4H,1H2,2H3/b4-3+. The molecule has 0 aliphatic carbocycles. The molecule has 0 atom stereocenters. The highest BCUT2D eigenvalue weighted by molar-refractivity contribution is 14.1. The summed E-state index contributed by atoms with van der Waals surface area (Å²) in [5.74, 6) is 0. The van der Waals surface area contributed by atoms with Gasteiger partial charge in [0.2, 0.25) is 0 Å². The minimum atomic E-state index is 1.10. The fourth-order valence-corrected chi connectivity index (χ4v) is 0.721. The molecule has 1 heteroatoms. The van der Waals surface area contributed by atoms with Crippen LogP contribution in [0.3, 0.4) is 0 Å². The van der Waals surface area contributed by atoms with Crippen molar-refractivity contribution in [2.45, 2.75) is 6.92 Å². The van der Waals surface area contributed by atoms with Gasteiger partial charge in [0.05, 0.1) is 0 Å². The number of hydrogen-bond acceptors (Lipinski definition) is 0. The molecular weight excluding hydrogens is 187 g/mol. The van der Waals surface area contributed by atoms with Crippen molar-refractivity contribution >= 4 is 22.6 Å². The van der Waals surface area contributed by atoms with E-state index < -0.39 is 0 Å². The van der Waals surface area contributed by atoms with Crippen LogP contribution in [0.15, 0.2) is 22.3 Å². The van der Waals surface area contributed by atoms with Gasteiger partial charge in [-0.05, 0) is 11.0 Å². The monoisotopic (exact) mass is 194 g/mol. The minimum Gasteiger partial charge on any atom is -0.0961 e. The Bertz CT molecular complexity index is 72.0. The minimum absolute atomic E-state index is 1.10. The predicted octanol–water partition coefficient (Wildman–Crippen LogP) is 2.51. The number of rotatable bonds is 1. The Balaban J connectivity index is 3.30. The van der Waals surface area contributed by atoms with E-state index in [0.29, 0.717) is 0 Å². The highest BCUT2D eigenvalue weighted by Gasteiger charge is 1.64. The summed E-state index contributed by atoms with van der Waals surface area (Å²) in [6.45, 7) is 5.62. The highest BCUT2D eigenvalue weighted by Crippen LogP contribution is 1.91. The molecule has 0 fully saturated rings. The molecule has 0 aromatic heterocycles. The Labute approximate surface area is 52.1 Å².